The standard InChI is InChI=1S/C23H22N4O4/c1-17(28)24-25-21(29)16-31-22(30)13-12-20-15-27(14-18-8-4-2-5-9-18)26-23(20)19-10-6-3-7-11-19/h2-13,15H,14,16H2,1H3,(H,24,28)(H,25,29)/b13-12+. The van der Waals surface area contributed by atoms with Crippen LogP contribution in [0.5, 0.6) is 0 Å². The van der Waals surface area contributed by atoms with Crippen LogP contribution in [0.4, 0.5) is 0 Å². The Morgan fingerprint density at radius 2 is 1.68 bits per heavy atom. The van der Waals surface area contributed by atoms with Crippen LogP contribution in [0.1, 0.15) is 18.1 Å². The molecule has 0 saturated carbocycles. The quantitative estimate of drug-likeness (QED) is 0.348. The molecular formula is C23H22N4O4. The number of carbonyl (C=O) groups excluding carboxylic acids is 3. The second-order valence-corrected chi connectivity index (χ2v) is 6.65. The van der Waals surface area contributed by atoms with Crippen molar-refractivity contribution in [3.63, 3.8) is 0 Å². The maximum atomic E-state index is 12.0. The van der Waals surface area contributed by atoms with Crippen LogP contribution in [-0.4, -0.2) is 34.2 Å². The Hall–Kier alpha value is -4.20. The van der Waals surface area contributed by atoms with Gasteiger partial charge in [-0.3, -0.25) is 25.1 Å². The molecule has 0 spiro atoms. The lowest BCUT2D eigenvalue weighted by Crippen LogP contribution is -2.42. The molecule has 0 saturated heterocycles. The van der Waals surface area contributed by atoms with E-state index >= 15 is 0 Å². The molecule has 31 heavy (non-hydrogen) atoms. The van der Waals surface area contributed by atoms with Crippen molar-refractivity contribution in [2.24, 2.45) is 0 Å². The van der Waals surface area contributed by atoms with E-state index in [2.05, 4.69) is 16.0 Å². The zero-order chi connectivity index (χ0) is 22.1. The Bertz CT molecular complexity index is 1080. The molecule has 0 bridgehead atoms. The van der Waals surface area contributed by atoms with E-state index in [4.69, 9.17) is 4.74 Å². The topological polar surface area (TPSA) is 102 Å². The van der Waals surface area contributed by atoms with Gasteiger partial charge in [-0.25, -0.2) is 4.79 Å². The number of aromatic nitrogens is 2. The molecule has 2 aromatic carbocycles. The van der Waals surface area contributed by atoms with E-state index in [1.807, 2.05) is 71.5 Å². The summed E-state index contributed by atoms with van der Waals surface area (Å²) in [7, 11) is 0. The number of nitrogens with zero attached hydrogens (tertiary/aromatic N) is 2. The van der Waals surface area contributed by atoms with Crippen LogP contribution in [0.15, 0.2) is 72.9 Å². The Balaban J connectivity index is 1.72. The fourth-order valence-corrected chi connectivity index (χ4v) is 2.77. The Kier molecular flexibility index (Phi) is 7.31. The van der Waals surface area contributed by atoms with Gasteiger partial charge in [-0.05, 0) is 11.6 Å². The highest BCUT2D eigenvalue weighted by molar-refractivity contribution is 5.90. The number of hydrogen-bond donors (Lipinski definition) is 2. The maximum absolute atomic E-state index is 12.0. The minimum Gasteiger partial charge on any atom is -0.452 e. The summed E-state index contributed by atoms with van der Waals surface area (Å²) in [5.74, 6) is -1.76. The lowest BCUT2D eigenvalue weighted by Gasteiger charge is -2.04. The normalized spacial score (nSPS) is 10.6. The van der Waals surface area contributed by atoms with Crippen LogP contribution in [0, 0.1) is 0 Å². The first-order valence-corrected chi connectivity index (χ1v) is 9.58. The number of carbonyl (C=O) groups is 3. The van der Waals surface area contributed by atoms with Gasteiger partial charge in [0.15, 0.2) is 6.61 Å². The molecule has 8 nitrogen and oxygen atoms in total. The summed E-state index contributed by atoms with van der Waals surface area (Å²) in [6.45, 7) is 1.32. The van der Waals surface area contributed by atoms with Crippen LogP contribution < -0.4 is 10.9 Å². The number of hydrazine groups is 1. The molecule has 2 N–H and O–H groups in total. The van der Waals surface area contributed by atoms with Crippen molar-refractivity contribution in [2.75, 3.05) is 6.61 Å². The molecule has 0 aliphatic heterocycles. The van der Waals surface area contributed by atoms with Gasteiger partial charge in [-0.1, -0.05) is 60.7 Å². The summed E-state index contributed by atoms with van der Waals surface area (Å²) in [5.41, 5.74) is 7.71. The van der Waals surface area contributed by atoms with Crippen LogP contribution in [0.3, 0.4) is 0 Å². The van der Waals surface area contributed by atoms with Gasteiger partial charge < -0.3 is 4.74 Å². The van der Waals surface area contributed by atoms with E-state index in [9.17, 15) is 14.4 Å². The molecule has 8 heteroatoms. The summed E-state index contributed by atoms with van der Waals surface area (Å²) in [6, 6.07) is 19.6. The second kappa shape index (κ2) is 10.5. The minimum atomic E-state index is -0.687. The average molecular weight is 418 g/mol. The molecule has 0 aliphatic carbocycles. The van der Waals surface area contributed by atoms with Crippen LogP contribution in [-0.2, 0) is 25.7 Å². The van der Waals surface area contributed by atoms with Crippen molar-refractivity contribution in [2.45, 2.75) is 13.5 Å². The monoisotopic (exact) mass is 418 g/mol. The van der Waals surface area contributed by atoms with Crippen LogP contribution >= 0.6 is 0 Å². The maximum Gasteiger partial charge on any atom is 0.331 e. The molecule has 0 fully saturated rings. The molecule has 1 aromatic heterocycles. The summed E-state index contributed by atoms with van der Waals surface area (Å²) in [4.78, 5) is 34.3. The Morgan fingerprint density at radius 3 is 2.35 bits per heavy atom. The van der Waals surface area contributed by atoms with Crippen molar-refractivity contribution in [1.29, 1.82) is 0 Å². The third kappa shape index (κ3) is 6.67. The lowest BCUT2D eigenvalue weighted by molar-refractivity contribution is -0.144. The Morgan fingerprint density at radius 1 is 1.00 bits per heavy atom. The van der Waals surface area contributed by atoms with Gasteiger partial charge in [0, 0.05) is 30.3 Å². The molecule has 3 aromatic rings. The smallest absolute Gasteiger partial charge is 0.331 e. The average Bonchev–Trinajstić information content (AvgIpc) is 3.18. The van der Waals surface area contributed by atoms with E-state index in [0.29, 0.717) is 6.54 Å². The van der Waals surface area contributed by atoms with Crippen molar-refractivity contribution in [3.05, 3.63) is 84.1 Å². The molecule has 0 aliphatic rings. The van der Waals surface area contributed by atoms with Crippen molar-refractivity contribution >= 4 is 23.9 Å². The predicted molar refractivity (Wildman–Crippen MR) is 115 cm³/mol. The first kappa shape index (κ1) is 21.5. The van der Waals surface area contributed by atoms with Gasteiger partial charge >= 0.3 is 5.97 Å². The molecule has 0 atom stereocenters. The first-order valence-electron chi connectivity index (χ1n) is 9.58. The van der Waals surface area contributed by atoms with Gasteiger partial charge in [-0.2, -0.15) is 5.10 Å². The van der Waals surface area contributed by atoms with Gasteiger partial charge in [0.2, 0.25) is 5.91 Å². The highest BCUT2D eigenvalue weighted by Crippen LogP contribution is 2.23. The predicted octanol–water partition coefficient (Wildman–Crippen LogP) is 2.32. The van der Waals surface area contributed by atoms with Gasteiger partial charge in [0.25, 0.3) is 5.91 Å². The zero-order valence-electron chi connectivity index (χ0n) is 16.9. The van der Waals surface area contributed by atoms with Crippen molar-refractivity contribution < 1.29 is 19.1 Å². The summed E-state index contributed by atoms with van der Waals surface area (Å²) >= 11 is 0. The van der Waals surface area contributed by atoms with E-state index in [0.717, 1.165) is 22.4 Å². The first-order chi connectivity index (χ1) is 15.0. The molecule has 1 heterocycles. The molecule has 0 radical (unpaired) electrons. The van der Waals surface area contributed by atoms with Crippen LogP contribution in [0.25, 0.3) is 17.3 Å². The molecule has 3 rings (SSSR count). The summed E-state index contributed by atoms with van der Waals surface area (Å²) in [5, 5.41) is 4.68. The fourth-order valence-electron chi connectivity index (χ4n) is 2.77. The van der Waals surface area contributed by atoms with Crippen molar-refractivity contribution in [1.82, 2.24) is 20.6 Å². The van der Waals surface area contributed by atoms with E-state index < -0.39 is 24.4 Å². The number of amides is 2. The molecular weight excluding hydrogens is 396 g/mol. The number of nitrogens with one attached hydrogen (secondary N) is 2. The van der Waals surface area contributed by atoms with E-state index in [1.54, 1.807) is 6.08 Å². The minimum absolute atomic E-state index is 0.430. The molecule has 2 amide bonds. The number of rotatable bonds is 7. The fraction of sp³-hybridized carbons (Fsp3) is 0.130. The highest BCUT2D eigenvalue weighted by Gasteiger charge is 2.11. The molecule has 0 unspecified atom stereocenters. The number of benzene rings is 2. The highest BCUT2D eigenvalue weighted by atomic mass is 16.5. The number of esters is 1. The second-order valence-electron chi connectivity index (χ2n) is 6.65. The van der Waals surface area contributed by atoms with Gasteiger partial charge in [-0.15, -0.1) is 0 Å². The third-order valence-corrected chi connectivity index (χ3v) is 4.15. The zero-order valence-corrected chi connectivity index (χ0v) is 16.9. The van der Waals surface area contributed by atoms with E-state index in [-0.39, 0.29) is 0 Å². The number of ether oxygens (including phenoxy) is 1. The molecule has 158 valence electrons. The Labute approximate surface area is 179 Å². The summed E-state index contributed by atoms with van der Waals surface area (Å²) < 4.78 is 6.70. The third-order valence-electron chi connectivity index (χ3n) is 4.15. The number of hydrogen-bond acceptors (Lipinski definition) is 5. The largest absolute Gasteiger partial charge is 0.452 e. The SMILES string of the molecule is CC(=O)NNC(=O)COC(=O)/C=C/c1cn(Cc2ccccc2)nc1-c1ccccc1. The van der Waals surface area contributed by atoms with Gasteiger partial charge in [0.1, 0.15) is 0 Å². The van der Waals surface area contributed by atoms with E-state index in [1.165, 1.54) is 13.0 Å². The van der Waals surface area contributed by atoms with Crippen LogP contribution in [0.2, 0.25) is 0 Å². The lowest BCUT2D eigenvalue weighted by atomic mass is 10.1. The van der Waals surface area contributed by atoms with Gasteiger partial charge in [0.05, 0.1) is 12.2 Å². The summed E-state index contributed by atoms with van der Waals surface area (Å²) in [6.07, 6.45) is 4.69. The van der Waals surface area contributed by atoms with Crippen molar-refractivity contribution in [3.8, 4) is 11.3 Å².